The molecule has 0 saturated carbocycles. The van der Waals surface area contributed by atoms with Crippen LogP contribution < -0.4 is 10.6 Å². The zero-order valence-electron chi connectivity index (χ0n) is 25.6. The van der Waals surface area contributed by atoms with Crippen molar-refractivity contribution in [2.24, 2.45) is 0 Å². The van der Waals surface area contributed by atoms with Gasteiger partial charge in [0.2, 0.25) is 11.8 Å². The Morgan fingerprint density at radius 2 is 1.68 bits per heavy atom. The summed E-state index contributed by atoms with van der Waals surface area (Å²) in [6, 6.07) is 21.6. The summed E-state index contributed by atoms with van der Waals surface area (Å²) < 4.78 is 13.9. The molecule has 2 amide bonds. The van der Waals surface area contributed by atoms with E-state index in [0.29, 0.717) is 37.5 Å². The Balaban J connectivity index is 1.28. The van der Waals surface area contributed by atoms with Gasteiger partial charge in [-0.25, -0.2) is 4.39 Å². The second-order valence-corrected chi connectivity index (χ2v) is 12.2. The lowest BCUT2D eigenvalue weighted by molar-refractivity contribution is -0.138. The lowest BCUT2D eigenvalue weighted by Gasteiger charge is -2.42. The number of likely N-dealkylation sites (N-methyl/N-ethyl adjacent to an activating group) is 1. The quantitative estimate of drug-likeness (QED) is 0.332. The molecule has 9 heteroatoms. The van der Waals surface area contributed by atoms with Crippen LogP contribution in [0.3, 0.4) is 0 Å². The van der Waals surface area contributed by atoms with Crippen LogP contribution in [-0.2, 0) is 29.0 Å². The fourth-order valence-corrected chi connectivity index (χ4v) is 6.43. The van der Waals surface area contributed by atoms with Crippen LogP contribution in [0.2, 0.25) is 5.02 Å². The molecule has 3 aromatic rings. The van der Waals surface area contributed by atoms with Crippen molar-refractivity contribution >= 4 is 23.4 Å². The summed E-state index contributed by atoms with van der Waals surface area (Å²) in [6.07, 6.45) is 0.724. The Morgan fingerprint density at radius 1 is 0.977 bits per heavy atom. The Hall–Kier alpha value is -3.30. The standard InChI is InChI=1S/C35H43ClFN5O2/c1-3-40(4-2)24-33(26-8-6-5-7-9-26)41-16-18-42(19-17-41)35(44)32(20-25-10-13-29(36)14-11-25)39-34(43)31-22-28-21-30(37)15-12-27(28)23-38-31/h5-15,21,31-33,38H,3-4,16-20,22-24H2,1-2H3,(H,39,43)/t31?,32-,33?/m1/s1. The van der Waals surface area contributed by atoms with Crippen LogP contribution in [0, 0.1) is 5.82 Å². The van der Waals surface area contributed by atoms with Gasteiger partial charge in [-0.05, 0) is 66.0 Å². The smallest absolute Gasteiger partial charge is 0.245 e. The van der Waals surface area contributed by atoms with Crippen molar-refractivity contribution in [3.05, 3.63) is 106 Å². The van der Waals surface area contributed by atoms with E-state index in [1.807, 2.05) is 23.1 Å². The Morgan fingerprint density at radius 3 is 2.36 bits per heavy atom. The number of benzene rings is 3. The van der Waals surface area contributed by atoms with Crippen molar-refractivity contribution in [3.8, 4) is 0 Å². The Bertz CT molecular complexity index is 1390. The molecule has 0 radical (unpaired) electrons. The third kappa shape index (κ3) is 8.04. The van der Waals surface area contributed by atoms with E-state index in [9.17, 15) is 14.0 Å². The van der Waals surface area contributed by atoms with Gasteiger partial charge >= 0.3 is 0 Å². The maximum absolute atomic E-state index is 14.0. The van der Waals surface area contributed by atoms with Crippen LogP contribution in [0.5, 0.6) is 0 Å². The molecule has 0 aliphatic carbocycles. The number of nitrogens with zero attached hydrogens (tertiary/aromatic N) is 3. The summed E-state index contributed by atoms with van der Waals surface area (Å²) in [6.45, 7) is 10.4. The maximum Gasteiger partial charge on any atom is 0.245 e. The number of hydrogen-bond acceptors (Lipinski definition) is 5. The number of halogens is 2. The molecular weight excluding hydrogens is 577 g/mol. The molecule has 0 spiro atoms. The number of carbonyl (C=O) groups is 2. The van der Waals surface area contributed by atoms with Gasteiger partial charge in [-0.3, -0.25) is 14.5 Å². The van der Waals surface area contributed by atoms with E-state index in [1.54, 1.807) is 18.2 Å². The van der Waals surface area contributed by atoms with Crippen molar-refractivity contribution in [2.75, 3.05) is 45.8 Å². The van der Waals surface area contributed by atoms with Crippen LogP contribution in [-0.4, -0.2) is 84.4 Å². The van der Waals surface area contributed by atoms with Crippen LogP contribution in [0.25, 0.3) is 0 Å². The molecule has 1 saturated heterocycles. The molecule has 234 valence electrons. The summed E-state index contributed by atoms with van der Waals surface area (Å²) in [4.78, 5) is 34.4. The summed E-state index contributed by atoms with van der Waals surface area (Å²) in [7, 11) is 0. The molecule has 2 aliphatic rings. The zero-order valence-corrected chi connectivity index (χ0v) is 26.4. The fraction of sp³-hybridized carbons (Fsp3) is 0.429. The van der Waals surface area contributed by atoms with Crippen molar-refractivity contribution in [1.82, 2.24) is 25.3 Å². The average molecular weight is 620 g/mol. The lowest BCUT2D eigenvalue weighted by atomic mass is 9.94. The lowest BCUT2D eigenvalue weighted by Crippen LogP contribution is -2.58. The van der Waals surface area contributed by atoms with E-state index in [2.05, 4.69) is 58.5 Å². The van der Waals surface area contributed by atoms with E-state index < -0.39 is 12.1 Å². The van der Waals surface area contributed by atoms with E-state index in [0.717, 1.165) is 49.4 Å². The predicted molar refractivity (Wildman–Crippen MR) is 173 cm³/mol. The van der Waals surface area contributed by atoms with E-state index in [1.165, 1.54) is 17.7 Å². The van der Waals surface area contributed by atoms with E-state index >= 15 is 0 Å². The summed E-state index contributed by atoms with van der Waals surface area (Å²) >= 11 is 6.12. The third-order valence-electron chi connectivity index (χ3n) is 8.99. The van der Waals surface area contributed by atoms with Crippen molar-refractivity contribution < 1.29 is 14.0 Å². The molecule has 1 fully saturated rings. The van der Waals surface area contributed by atoms with Crippen molar-refractivity contribution in [3.63, 3.8) is 0 Å². The normalized spacial score (nSPS) is 18.5. The summed E-state index contributed by atoms with van der Waals surface area (Å²) in [5.41, 5.74) is 4.00. The minimum absolute atomic E-state index is 0.0878. The van der Waals surface area contributed by atoms with Gasteiger partial charge in [0, 0.05) is 56.8 Å². The number of hydrogen-bond donors (Lipinski definition) is 2. The van der Waals surface area contributed by atoms with Crippen molar-refractivity contribution in [1.29, 1.82) is 0 Å². The summed E-state index contributed by atoms with van der Waals surface area (Å²) in [5.74, 6) is -0.657. The molecule has 7 nitrogen and oxygen atoms in total. The molecule has 2 N–H and O–H groups in total. The average Bonchev–Trinajstić information content (AvgIpc) is 3.06. The Kier molecular flexibility index (Phi) is 11.0. The van der Waals surface area contributed by atoms with Gasteiger partial charge < -0.3 is 20.4 Å². The number of piperazine rings is 1. The van der Waals surface area contributed by atoms with Crippen molar-refractivity contribution in [2.45, 2.75) is 51.4 Å². The van der Waals surface area contributed by atoms with Gasteiger partial charge in [0.15, 0.2) is 0 Å². The molecule has 2 unspecified atom stereocenters. The summed E-state index contributed by atoms with van der Waals surface area (Å²) in [5, 5.41) is 6.93. The monoisotopic (exact) mass is 619 g/mol. The topological polar surface area (TPSA) is 67.9 Å². The second kappa shape index (κ2) is 15.1. The first-order valence-electron chi connectivity index (χ1n) is 15.7. The highest BCUT2D eigenvalue weighted by Crippen LogP contribution is 2.24. The SMILES string of the molecule is CCN(CC)CC(c1ccccc1)N1CCN(C(=O)[C@@H](Cc2ccc(Cl)cc2)NC(=O)C2Cc3cc(F)ccc3CN2)CC1. The molecule has 2 aliphatic heterocycles. The third-order valence-corrected chi connectivity index (χ3v) is 9.24. The molecule has 2 heterocycles. The highest BCUT2D eigenvalue weighted by atomic mass is 35.5. The molecule has 3 aromatic carbocycles. The Labute approximate surface area is 265 Å². The molecule has 44 heavy (non-hydrogen) atoms. The van der Waals surface area contributed by atoms with Crippen LogP contribution in [0.15, 0.2) is 72.8 Å². The predicted octanol–water partition coefficient (Wildman–Crippen LogP) is 4.45. The number of fused-ring (bicyclic) bond motifs is 1. The van der Waals surface area contributed by atoms with Crippen LogP contribution >= 0.6 is 11.6 Å². The molecular formula is C35H43ClFN5O2. The first kappa shape index (κ1) is 32.1. The molecule has 0 bridgehead atoms. The largest absolute Gasteiger partial charge is 0.343 e. The zero-order chi connectivity index (χ0) is 31.1. The van der Waals surface area contributed by atoms with Gasteiger partial charge in [-0.1, -0.05) is 74.0 Å². The van der Waals surface area contributed by atoms with Crippen LogP contribution in [0.1, 0.15) is 42.1 Å². The van der Waals surface area contributed by atoms with Gasteiger partial charge in [-0.2, -0.15) is 0 Å². The first-order chi connectivity index (χ1) is 21.3. The number of rotatable bonds is 11. The number of amides is 2. The molecule has 3 atom stereocenters. The number of carbonyl (C=O) groups excluding carboxylic acids is 2. The molecule has 0 aromatic heterocycles. The van der Waals surface area contributed by atoms with Crippen LogP contribution in [0.4, 0.5) is 4.39 Å². The highest BCUT2D eigenvalue weighted by molar-refractivity contribution is 6.30. The number of nitrogens with one attached hydrogen (secondary N) is 2. The maximum atomic E-state index is 14.0. The van der Waals surface area contributed by atoms with Gasteiger partial charge in [0.25, 0.3) is 0 Å². The van der Waals surface area contributed by atoms with Gasteiger partial charge in [-0.15, -0.1) is 0 Å². The fourth-order valence-electron chi connectivity index (χ4n) is 6.30. The van der Waals surface area contributed by atoms with Gasteiger partial charge in [0.05, 0.1) is 6.04 Å². The molecule has 5 rings (SSSR count). The van der Waals surface area contributed by atoms with E-state index in [4.69, 9.17) is 11.6 Å². The highest BCUT2D eigenvalue weighted by Gasteiger charge is 2.34. The van der Waals surface area contributed by atoms with E-state index in [-0.39, 0.29) is 23.7 Å². The minimum atomic E-state index is -0.730. The second-order valence-electron chi connectivity index (χ2n) is 11.7. The minimum Gasteiger partial charge on any atom is -0.343 e. The first-order valence-corrected chi connectivity index (χ1v) is 16.1. The van der Waals surface area contributed by atoms with Gasteiger partial charge in [0.1, 0.15) is 11.9 Å².